The Balaban J connectivity index is 1.36. The second-order valence-corrected chi connectivity index (χ2v) is 7.53. The summed E-state index contributed by atoms with van der Waals surface area (Å²) in [5.74, 6) is 1.51. The summed E-state index contributed by atoms with van der Waals surface area (Å²) in [6.45, 7) is 3.38. The lowest BCUT2D eigenvalue weighted by atomic mass is 10.2. The molecule has 0 unspecified atom stereocenters. The molecule has 0 atom stereocenters. The average Bonchev–Trinajstić information content (AvgIpc) is 2.75. The number of rotatable bonds is 4. The third-order valence-electron chi connectivity index (χ3n) is 4.55. The molecule has 3 aromatic rings. The van der Waals surface area contributed by atoms with Gasteiger partial charge in [-0.05, 0) is 46.9 Å². The molecule has 0 aliphatic carbocycles. The van der Waals surface area contributed by atoms with E-state index in [1.54, 1.807) is 18.5 Å². The summed E-state index contributed by atoms with van der Waals surface area (Å²) in [6, 6.07) is 13.4. The highest BCUT2D eigenvalue weighted by atomic mass is 127. The average molecular weight is 486 g/mol. The molecule has 1 saturated heterocycles. The maximum atomic E-state index is 12.4. The van der Waals surface area contributed by atoms with Crippen molar-refractivity contribution in [3.8, 4) is 0 Å². The van der Waals surface area contributed by atoms with Gasteiger partial charge in [0.25, 0.3) is 5.91 Å². The van der Waals surface area contributed by atoms with Crippen LogP contribution in [0.15, 0.2) is 61.1 Å². The number of nitrogens with one attached hydrogen (secondary N) is 1. The maximum Gasteiger partial charge on any atom is 0.256 e. The first kappa shape index (κ1) is 18.6. The first-order valence-electron chi connectivity index (χ1n) is 8.99. The van der Waals surface area contributed by atoms with Crippen LogP contribution in [0.5, 0.6) is 0 Å². The number of carbonyl (C=O) groups is 1. The standard InChI is InChI=1S/C20H19IN6O/c21-17-6-2-1-5-16(17)19(28)25-15-13-23-20(24-14-15)27-11-9-26(10-12-27)18-7-3-4-8-22-18/h1-8,13-14H,9-12H2,(H,25,28). The smallest absolute Gasteiger partial charge is 0.256 e. The van der Waals surface area contributed by atoms with Crippen LogP contribution in [0.4, 0.5) is 17.5 Å². The fourth-order valence-corrected chi connectivity index (χ4v) is 3.70. The number of benzene rings is 1. The fourth-order valence-electron chi connectivity index (χ4n) is 3.07. The molecule has 3 heterocycles. The van der Waals surface area contributed by atoms with E-state index in [0.717, 1.165) is 35.6 Å². The molecule has 0 saturated carbocycles. The topological polar surface area (TPSA) is 74.2 Å². The van der Waals surface area contributed by atoms with Crippen LogP contribution >= 0.6 is 22.6 Å². The van der Waals surface area contributed by atoms with E-state index in [1.165, 1.54) is 0 Å². The minimum absolute atomic E-state index is 0.162. The summed E-state index contributed by atoms with van der Waals surface area (Å²) < 4.78 is 0.904. The molecule has 0 spiro atoms. The van der Waals surface area contributed by atoms with Crippen molar-refractivity contribution in [3.05, 3.63) is 70.2 Å². The monoisotopic (exact) mass is 486 g/mol. The molecule has 0 radical (unpaired) electrons. The third-order valence-corrected chi connectivity index (χ3v) is 5.49. The van der Waals surface area contributed by atoms with E-state index in [-0.39, 0.29) is 5.91 Å². The summed E-state index contributed by atoms with van der Waals surface area (Å²) >= 11 is 2.15. The van der Waals surface area contributed by atoms with Crippen LogP contribution in [0.3, 0.4) is 0 Å². The molecule has 4 rings (SSSR count). The molecule has 1 aliphatic rings. The molecular weight excluding hydrogens is 467 g/mol. The van der Waals surface area contributed by atoms with Crippen LogP contribution in [0.1, 0.15) is 10.4 Å². The quantitative estimate of drug-likeness (QED) is 0.572. The largest absolute Gasteiger partial charge is 0.353 e. The van der Waals surface area contributed by atoms with Gasteiger partial charge in [-0.2, -0.15) is 0 Å². The van der Waals surface area contributed by atoms with E-state index in [9.17, 15) is 4.79 Å². The van der Waals surface area contributed by atoms with E-state index in [0.29, 0.717) is 17.2 Å². The van der Waals surface area contributed by atoms with E-state index in [1.807, 2.05) is 42.6 Å². The van der Waals surface area contributed by atoms with Crippen LogP contribution in [-0.2, 0) is 0 Å². The van der Waals surface area contributed by atoms with Gasteiger partial charge in [0, 0.05) is 35.9 Å². The van der Waals surface area contributed by atoms with Gasteiger partial charge in [-0.1, -0.05) is 18.2 Å². The minimum atomic E-state index is -0.162. The van der Waals surface area contributed by atoms with Crippen molar-refractivity contribution in [2.45, 2.75) is 0 Å². The van der Waals surface area contributed by atoms with E-state index >= 15 is 0 Å². The molecular formula is C20H19IN6O. The highest BCUT2D eigenvalue weighted by molar-refractivity contribution is 14.1. The zero-order valence-corrected chi connectivity index (χ0v) is 17.3. The van der Waals surface area contributed by atoms with Gasteiger partial charge in [0.15, 0.2) is 0 Å². The lowest BCUT2D eigenvalue weighted by Crippen LogP contribution is -2.47. The Labute approximate surface area is 177 Å². The van der Waals surface area contributed by atoms with Crippen molar-refractivity contribution in [3.63, 3.8) is 0 Å². The highest BCUT2D eigenvalue weighted by Crippen LogP contribution is 2.18. The number of hydrogen-bond donors (Lipinski definition) is 1. The second-order valence-electron chi connectivity index (χ2n) is 6.37. The highest BCUT2D eigenvalue weighted by Gasteiger charge is 2.20. The van der Waals surface area contributed by atoms with Crippen molar-refractivity contribution in [1.29, 1.82) is 0 Å². The van der Waals surface area contributed by atoms with Crippen molar-refractivity contribution in [1.82, 2.24) is 15.0 Å². The Morgan fingerprint density at radius 3 is 2.25 bits per heavy atom. The molecule has 7 nitrogen and oxygen atoms in total. The molecule has 8 heteroatoms. The predicted molar refractivity (Wildman–Crippen MR) is 118 cm³/mol. The van der Waals surface area contributed by atoms with Gasteiger partial charge >= 0.3 is 0 Å². The van der Waals surface area contributed by atoms with Gasteiger partial charge in [-0.15, -0.1) is 0 Å². The van der Waals surface area contributed by atoms with E-state index in [2.05, 4.69) is 52.7 Å². The lowest BCUT2D eigenvalue weighted by molar-refractivity contribution is 0.102. The van der Waals surface area contributed by atoms with Crippen molar-refractivity contribution in [2.24, 2.45) is 0 Å². The van der Waals surface area contributed by atoms with Crippen molar-refractivity contribution < 1.29 is 4.79 Å². The first-order valence-corrected chi connectivity index (χ1v) is 10.1. The van der Waals surface area contributed by atoms with Crippen LogP contribution in [0, 0.1) is 3.57 Å². The number of nitrogens with zero attached hydrogens (tertiary/aromatic N) is 5. The van der Waals surface area contributed by atoms with Gasteiger partial charge < -0.3 is 15.1 Å². The molecule has 28 heavy (non-hydrogen) atoms. The summed E-state index contributed by atoms with van der Waals surface area (Å²) in [5, 5.41) is 2.85. The molecule has 1 aromatic carbocycles. The summed E-state index contributed by atoms with van der Waals surface area (Å²) in [7, 11) is 0. The zero-order valence-electron chi connectivity index (χ0n) is 15.1. The van der Waals surface area contributed by atoms with Crippen molar-refractivity contribution in [2.75, 3.05) is 41.3 Å². The number of aromatic nitrogens is 3. The van der Waals surface area contributed by atoms with Crippen LogP contribution in [0.25, 0.3) is 0 Å². The maximum absolute atomic E-state index is 12.4. The number of pyridine rings is 1. The number of hydrogen-bond acceptors (Lipinski definition) is 6. The molecule has 1 amide bonds. The number of halogens is 1. The van der Waals surface area contributed by atoms with Gasteiger partial charge in [0.2, 0.25) is 5.95 Å². The number of piperazine rings is 1. The minimum Gasteiger partial charge on any atom is -0.353 e. The van der Waals surface area contributed by atoms with Crippen LogP contribution in [0.2, 0.25) is 0 Å². The van der Waals surface area contributed by atoms with Crippen LogP contribution in [-0.4, -0.2) is 47.0 Å². The molecule has 0 bridgehead atoms. The second kappa shape index (κ2) is 8.51. The van der Waals surface area contributed by atoms with Gasteiger partial charge in [-0.25, -0.2) is 15.0 Å². The Kier molecular flexibility index (Phi) is 5.65. The Morgan fingerprint density at radius 2 is 1.57 bits per heavy atom. The van der Waals surface area contributed by atoms with E-state index < -0.39 is 0 Å². The molecule has 1 fully saturated rings. The Morgan fingerprint density at radius 1 is 0.893 bits per heavy atom. The lowest BCUT2D eigenvalue weighted by Gasteiger charge is -2.35. The molecule has 1 aliphatic heterocycles. The number of anilines is 3. The molecule has 2 aromatic heterocycles. The van der Waals surface area contributed by atoms with Crippen molar-refractivity contribution >= 4 is 46.0 Å². The Bertz CT molecular complexity index is 942. The predicted octanol–water partition coefficient (Wildman–Crippen LogP) is 3.06. The third kappa shape index (κ3) is 4.22. The normalized spacial score (nSPS) is 14.0. The summed E-state index contributed by atoms with van der Waals surface area (Å²) in [6.07, 6.45) is 5.12. The summed E-state index contributed by atoms with van der Waals surface area (Å²) in [5.41, 5.74) is 1.22. The zero-order chi connectivity index (χ0) is 19.3. The van der Waals surface area contributed by atoms with Gasteiger partial charge in [0.05, 0.1) is 23.6 Å². The fraction of sp³-hybridized carbons (Fsp3) is 0.200. The first-order chi connectivity index (χ1) is 13.7. The van der Waals surface area contributed by atoms with E-state index in [4.69, 9.17) is 0 Å². The number of amides is 1. The van der Waals surface area contributed by atoms with Crippen LogP contribution < -0.4 is 15.1 Å². The molecule has 1 N–H and O–H groups in total. The Hall–Kier alpha value is -2.75. The van der Waals surface area contributed by atoms with Gasteiger partial charge in [-0.3, -0.25) is 4.79 Å². The SMILES string of the molecule is O=C(Nc1cnc(N2CCN(c3ccccn3)CC2)nc1)c1ccccc1I. The molecule has 142 valence electrons. The number of carbonyl (C=O) groups excluding carboxylic acids is 1. The van der Waals surface area contributed by atoms with Gasteiger partial charge in [0.1, 0.15) is 5.82 Å². The summed E-state index contributed by atoms with van der Waals surface area (Å²) in [4.78, 5) is 30.1.